The second-order valence-corrected chi connectivity index (χ2v) is 5.45. The van der Waals surface area contributed by atoms with Gasteiger partial charge in [-0.25, -0.2) is 0 Å². The Morgan fingerprint density at radius 1 is 1.11 bits per heavy atom. The quantitative estimate of drug-likeness (QED) is 0.806. The van der Waals surface area contributed by atoms with Crippen LogP contribution in [-0.2, 0) is 6.42 Å². The standard InChI is InChI=1S/C16H26N2/c1-17-13-16(12-14-8-4-2-5-9-14)18-15-10-6-3-7-11-15/h2,4-5,8-9,15-18H,3,6-7,10-13H2,1H3. The molecule has 2 rings (SSSR count). The van der Waals surface area contributed by atoms with E-state index in [1.807, 2.05) is 7.05 Å². The first kappa shape index (κ1) is 13.6. The lowest BCUT2D eigenvalue weighted by Gasteiger charge is -2.28. The second-order valence-electron chi connectivity index (χ2n) is 5.45. The van der Waals surface area contributed by atoms with Crippen molar-refractivity contribution in [2.75, 3.05) is 13.6 Å². The van der Waals surface area contributed by atoms with Gasteiger partial charge in [-0.2, -0.15) is 0 Å². The van der Waals surface area contributed by atoms with Crippen molar-refractivity contribution < 1.29 is 0 Å². The van der Waals surface area contributed by atoms with E-state index >= 15 is 0 Å². The van der Waals surface area contributed by atoms with Crippen molar-refractivity contribution in [2.45, 2.75) is 50.6 Å². The Balaban J connectivity index is 1.86. The molecule has 2 nitrogen and oxygen atoms in total. The number of hydrogen-bond donors (Lipinski definition) is 2. The first-order valence-electron chi connectivity index (χ1n) is 7.33. The predicted molar refractivity (Wildman–Crippen MR) is 77.9 cm³/mol. The van der Waals surface area contributed by atoms with Crippen LogP contribution in [0, 0.1) is 0 Å². The number of rotatable bonds is 6. The van der Waals surface area contributed by atoms with E-state index in [2.05, 4.69) is 41.0 Å². The minimum Gasteiger partial charge on any atom is -0.318 e. The lowest BCUT2D eigenvalue weighted by Crippen LogP contribution is -2.45. The molecular weight excluding hydrogens is 220 g/mol. The molecule has 0 heterocycles. The third-order valence-corrected chi connectivity index (χ3v) is 3.85. The molecule has 2 N–H and O–H groups in total. The molecule has 1 saturated carbocycles. The maximum atomic E-state index is 3.84. The van der Waals surface area contributed by atoms with Gasteiger partial charge in [-0.1, -0.05) is 49.6 Å². The van der Waals surface area contributed by atoms with E-state index in [-0.39, 0.29) is 0 Å². The fourth-order valence-electron chi connectivity index (χ4n) is 2.94. The maximum absolute atomic E-state index is 3.84. The van der Waals surface area contributed by atoms with Crippen LogP contribution < -0.4 is 10.6 Å². The molecule has 0 bridgehead atoms. The van der Waals surface area contributed by atoms with E-state index in [0.717, 1.165) is 19.0 Å². The molecule has 1 atom stereocenters. The molecule has 1 aromatic carbocycles. The van der Waals surface area contributed by atoms with Gasteiger partial charge in [0.05, 0.1) is 0 Å². The third-order valence-electron chi connectivity index (χ3n) is 3.85. The fourth-order valence-corrected chi connectivity index (χ4v) is 2.94. The van der Waals surface area contributed by atoms with Crippen LogP contribution in [0.5, 0.6) is 0 Å². The number of likely N-dealkylation sites (N-methyl/N-ethyl adjacent to an activating group) is 1. The van der Waals surface area contributed by atoms with Crippen LogP contribution in [0.2, 0.25) is 0 Å². The van der Waals surface area contributed by atoms with E-state index in [1.165, 1.54) is 37.7 Å². The largest absolute Gasteiger partial charge is 0.318 e. The highest BCUT2D eigenvalue weighted by atomic mass is 15.0. The Morgan fingerprint density at radius 2 is 1.83 bits per heavy atom. The molecule has 1 aliphatic carbocycles. The van der Waals surface area contributed by atoms with Crippen molar-refractivity contribution in [3.8, 4) is 0 Å². The molecule has 1 aromatic rings. The highest BCUT2D eigenvalue weighted by Crippen LogP contribution is 2.18. The molecule has 0 radical (unpaired) electrons. The summed E-state index contributed by atoms with van der Waals surface area (Å²) >= 11 is 0. The molecule has 2 heteroatoms. The minimum absolute atomic E-state index is 0.556. The molecule has 0 aromatic heterocycles. The summed E-state index contributed by atoms with van der Waals surface area (Å²) in [4.78, 5) is 0. The number of nitrogens with one attached hydrogen (secondary N) is 2. The number of hydrogen-bond acceptors (Lipinski definition) is 2. The molecule has 0 aliphatic heterocycles. The van der Waals surface area contributed by atoms with Crippen LogP contribution in [-0.4, -0.2) is 25.7 Å². The Hall–Kier alpha value is -0.860. The SMILES string of the molecule is CNCC(Cc1ccccc1)NC1CCCCC1. The van der Waals surface area contributed by atoms with Crippen LogP contribution in [0.3, 0.4) is 0 Å². The first-order valence-corrected chi connectivity index (χ1v) is 7.33. The lowest BCUT2D eigenvalue weighted by molar-refractivity contribution is 0.330. The monoisotopic (exact) mass is 246 g/mol. The van der Waals surface area contributed by atoms with E-state index in [4.69, 9.17) is 0 Å². The lowest BCUT2D eigenvalue weighted by atomic mass is 9.94. The molecular formula is C16H26N2. The highest BCUT2D eigenvalue weighted by molar-refractivity contribution is 5.16. The van der Waals surface area contributed by atoms with Crippen LogP contribution in [0.25, 0.3) is 0 Å². The molecule has 0 amide bonds. The van der Waals surface area contributed by atoms with Crippen molar-refractivity contribution in [3.63, 3.8) is 0 Å². The Kier molecular flexibility index (Phi) is 5.69. The van der Waals surface area contributed by atoms with Crippen molar-refractivity contribution in [2.24, 2.45) is 0 Å². The molecule has 18 heavy (non-hydrogen) atoms. The van der Waals surface area contributed by atoms with E-state index in [0.29, 0.717) is 6.04 Å². The topological polar surface area (TPSA) is 24.1 Å². The Morgan fingerprint density at radius 3 is 2.50 bits per heavy atom. The zero-order valence-corrected chi connectivity index (χ0v) is 11.5. The van der Waals surface area contributed by atoms with Gasteiger partial charge in [0.1, 0.15) is 0 Å². The van der Waals surface area contributed by atoms with E-state index < -0.39 is 0 Å². The summed E-state index contributed by atoms with van der Waals surface area (Å²) in [6.07, 6.45) is 8.06. The molecule has 0 saturated heterocycles. The summed E-state index contributed by atoms with van der Waals surface area (Å²) in [7, 11) is 2.04. The maximum Gasteiger partial charge on any atom is 0.0235 e. The number of benzene rings is 1. The van der Waals surface area contributed by atoms with Crippen LogP contribution in [0.15, 0.2) is 30.3 Å². The van der Waals surface area contributed by atoms with E-state index in [1.54, 1.807) is 0 Å². The van der Waals surface area contributed by atoms with Crippen molar-refractivity contribution in [1.29, 1.82) is 0 Å². The van der Waals surface area contributed by atoms with Crippen LogP contribution >= 0.6 is 0 Å². The summed E-state index contributed by atoms with van der Waals surface area (Å²) < 4.78 is 0. The van der Waals surface area contributed by atoms with Gasteiger partial charge in [0.25, 0.3) is 0 Å². The van der Waals surface area contributed by atoms with Gasteiger partial charge in [-0.05, 0) is 31.9 Å². The summed E-state index contributed by atoms with van der Waals surface area (Å²) in [5.41, 5.74) is 1.43. The molecule has 0 spiro atoms. The van der Waals surface area contributed by atoms with Gasteiger partial charge in [-0.3, -0.25) is 0 Å². The predicted octanol–water partition coefficient (Wildman–Crippen LogP) is 2.74. The molecule has 1 fully saturated rings. The van der Waals surface area contributed by atoms with Crippen molar-refractivity contribution >= 4 is 0 Å². The zero-order chi connectivity index (χ0) is 12.6. The van der Waals surface area contributed by atoms with Crippen molar-refractivity contribution in [1.82, 2.24) is 10.6 Å². The van der Waals surface area contributed by atoms with Gasteiger partial charge in [0.15, 0.2) is 0 Å². The average Bonchev–Trinajstić information content (AvgIpc) is 2.41. The summed E-state index contributed by atoms with van der Waals surface area (Å²) in [6.45, 7) is 1.05. The average molecular weight is 246 g/mol. The molecule has 100 valence electrons. The van der Waals surface area contributed by atoms with Gasteiger partial charge in [0.2, 0.25) is 0 Å². The van der Waals surface area contributed by atoms with Gasteiger partial charge < -0.3 is 10.6 Å². The minimum atomic E-state index is 0.556. The third kappa shape index (κ3) is 4.43. The highest BCUT2D eigenvalue weighted by Gasteiger charge is 2.17. The smallest absolute Gasteiger partial charge is 0.0235 e. The van der Waals surface area contributed by atoms with Gasteiger partial charge >= 0.3 is 0 Å². The zero-order valence-electron chi connectivity index (χ0n) is 11.5. The molecule has 1 unspecified atom stereocenters. The summed E-state index contributed by atoms with van der Waals surface area (Å²) in [5.74, 6) is 0. The Bertz CT molecular complexity index is 317. The van der Waals surface area contributed by atoms with Crippen LogP contribution in [0.4, 0.5) is 0 Å². The first-order chi connectivity index (χ1) is 8.88. The summed E-state index contributed by atoms with van der Waals surface area (Å²) in [5, 5.41) is 7.16. The van der Waals surface area contributed by atoms with Gasteiger partial charge in [0, 0.05) is 18.6 Å². The Labute approximate surface area is 111 Å². The second kappa shape index (κ2) is 7.55. The van der Waals surface area contributed by atoms with Gasteiger partial charge in [-0.15, -0.1) is 0 Å². The fraction of sp³-hybridized carbons (Fsp3) is 0.625. The van der Waals surface area contributed by atoms with Crippen LogP contribution in [0.1, 0.15) is 37.7 Å². The van der Waals surface area contributed by atoms with E-state index in [9.17, 15) is 0 Å². The molecule has 1 aliphatic rings. The summed E-state index contributed by atoms with van der Waals surface area (Å²) in [6, 6.07) is 12.1. The normalized spacial score (nSPS) is 18.7. The van der Waals surface area contributed by atoms with Crippen molar-refractivity contribution in [3.05, 3.63) is 35.9 Å².